The predicted molar refractivity (Wildman–Crippen MR) is 73.7 cm³/mol. The number of hydrogen-bond acceptors (Lipinski definition) is 2. The van der Waals surface area contributed by atoms with E-state index in [4.69, 9.17) is 16.9 Å². The number of hydrogen-bond donors (Lipinski definition) is 1. The van der Waals surface area contributed by atoms with E-state index in [2.05, 4.69) is 5.32 Å². The molecule has 0 unspecified atom stereocenters. The number of carbonyl (C=O) groups excluding carboxylic acids is 1. The van der Waals surface area contributed by atoms with Gasteiger partial charge in [-0.1, -0.05) is 23.7 Å². The van der Waals surface area contributed by atoms with Gasteiger partial charge >= 0.3 is 0 Å². The summed E-state index contributed by atoms with van der Waals surface area (Å²) < 4.78 is 12.9. The maximum Gasteiger partial charge on any atom is 0.253 e. The summed E-state index contributed by atoms with van der Waals surface area (Å²) in [5, 5.41) is 11.4. The molecule has 0 bridgehead atoms. The standard InChI is InChI=1S/C15H10ClFN2O/c16-14-7-12(17)5-6-13(14)15(20)19-9-11-3-1-10(8-18)2-4-11/h1-7H,9H2,(H,19,20). The van der Waals surface area contributed by atoms with E-state index >= 15 is 0 Å². The minimum Gasteiger partial charge on any atom is -0.348 e. The first-order valence-electron chi connectivity index (χ1n) is 5.82. The number of benzene rings is 2. The Labute approximate surface area is 120 Å². The van der Waals surface area contributed by atoms with Crippen molar-refractivity contribution in [2.75, 3.05) is 0 Å². The molecule has 20 heavy (non-hydrogen) atoms. The van der Waals surface area contributed by atoms with Gasteiger partial charge in [-0.2, -0.15) is 5.26 Å². The van der Waals surface area contributed by atoms with E-state index in [0.717, 1.165) is 11.6 Å². The molecule has 1 N–H and O–H groups in total. The van der Waals surface area contributed by atoms with Gasteiger partial charge in [0.15, 0.2) is 0 Å². The molecule has 0 atom stereocenters. The van der Waals surface area contributed by atoms with Gasteiger partial charge in [0.05, 0.1) is 22.2 Å². The molecule has 0 aliphatic rings. The second-order valence-corrected chi connectivity index (χ2v) is 4.52. The minimum atomic E-state index is -0.487. The van der Waals surface area contributed by atoms with E-state index in [1.165, 1.54) is 12.1 Å². The molecule has 5 heteroatoms. The van der Waals surface area contributed by atoms with E-state index in [-0.39, 0.29) is 16.5 Å². The van der Waals surface area contributed by atoms with Crippen molar-refractivity contribution < 1.29 is 9.18 Å². The van der Waals surface area contributed by atoms with Crippen molar-refractivity contribution in [2.45, 2.75) is 6.54 Å². The van der Waals surface area contributed by atoms with Crippen LogP contribution < -0.4 is 5.32 Å². The van der Waals surface area contributed by atoms with Crippen LogP contribution >= 0.6 is 11.6 Å². The number of nitriles is 1. The molecule has 2 aromatic rings. The fourth-order valence-corrected chi connectivity index (χ4v) is 1.90. The van der Waals surface area contributed by atoms with Crippen molar-refractivity contribution in [3.63, 3.8) is 0 Å². The van der Waals surface area contributed by atoms with Gasteiger partial charge in [-0.05, 0) is 35.9 Å². The average molecular weight is 289 g/mol. The first-order valence-corrected chi connectivity index (χ1v) is 6.20. The van der Waals surface area contributed by atoms with Crippen LogP contribution in [0.5, 0.6) is 0 Å². The fourth-order valence-electron chi connectivity index (χ4n) is 1.65. The highest BCUT2D eigenvalue weighted by Crippen LogP contribution is 2.17. The number of amides is 1. The third-order valence-electron chi connectivity index (χ3n) is 2.71. The lowest BCUT2D eigenvalue weighted by Crippen LogP contribution is -2.23. The van der Waals surface area contributed by atoms with E-state index in [1.54, 1.807) is 24.3 Å². The normalized spacial score (nSPS) is 9.85. The number of rotatable bonds is 3. The number of nitrogens with one attached hydrogen (secondary N) is 1. The van der Waals surface area contributed by atoms with Crippen LogP contribution in [0.3, 0.4) is 0 Å². The largest absolute Gasteiger partial charge is 0.348 e. The zero-order valence-electron chi connectivity index (χ0n) is 10.4. The molecule has 100 valence electrons. The Bertz CT molecular complexity index is 677. The Morgan fingerprint density at radius 1 is 1.25 bits per heavy atom. The van der Waals surface area contributed by atoms with Gasteiger partial charge in [0, 0.05) is 6.54 Å². The van der Waals surface area contributed by atoms with Crippen LogP contribution in [-0.2, 0) is 6.54 Å². The zero-order valence-corrected chi connectivity index (χ0v) is 11.1. The van der Waals surface area contributed by atoms with Crippen molar-refractivity contribution in [3.8, 4) is 6.07 Å². The van der Waals surface area contributed by atoms with Crippen molar-refractivity contribution >= 4 is 17.5 Å². The third-order valence-corrected chi connectivity index (χ3v) is 3.02. The van der Waals surface area contributed by atoms with Gasteiger partial charge < -0.3 is 5.32 Å². The SMILES string of the molecule is N#Cc1ccc(CNC(=O)c2ccc(F)cc2Cl)cc1. The molecule has 1 amide bonds. The first-order chi connectivity index (χ1) is 9.60. The lowest BCUT2D eigenvalue weighted by Gasteiger charge is -2.07. The Hall–Kier alpha value is -2.38. The maximum absolute atomic E-state index is 12.9. The van der Waals surface area contributed by atoms with Gasteiger partial charge in [0.2, 0.25) is 0 Å². The van der Waals surface area contributed by atoms with Crippen LogP contribution in [0.25, 0.3) is 0 Å². The van der Waals surface area contributed by atoms with Crippen LogP contribution in [0.1, 0.15) is 21.5 Å². The second-order valence-electron chi connectivity index (χ2n) is 4.12. The number of halogens is 2. The van der Waals surface area contributed by atoms with Gasteiger partial charge in [-0.25, -0.2) is 4.39 Å². The number of carbonyl (C=O) groups is 1. The van der Waals surface area contributed by atoms with E-state index in [9.17, 15) is 9.18 Å². The molecule has 0 radical (unpaired) electrons. The molecule has 0 saturated carbocycles. The molecule has 0 aliphatic heterocycles. The van der Waals surface area contributed by atoms with Crippen LogP contribution in [0.15, 0.2) is 42.5 Å². The minimum absolute atomic E-state index is 0.0716. The summed E-state index contributed by atoms with van der Waals surface area (Å²) in [6, 6.07) is 12.5. The van der Waals surface area contributed by atoms with E-state index in [1.807, 2.05) is 6.07 Å². The summed E-state index contributed by atoms with van der Waals surface area (Å²) in [6.45, 7) is 0.304. The summed E-state index contributed by atoms with van der Waals surface area (Å²) in [7, 11) is 0. The molecule has 0 heterocycles. The van der Waals surface area contributed by atoms with Crippen molar-refractivity contribution in [1.82, 2.24) is 5.32 Å². The maximum atomic E-state index is 12.9. The molecule has 0 spiro atoms. The fraction of sp³-hybridized carbons (Fsp3) is 0.0667. The average Bonchev–Trinajstić information content (AvgIpc) is 2.45. The molecule has 2 aromatic carbocycles. The van der Waals surface area contributed by atoms with Crippen LogP contribution in [-0.4, -0.2) is 5.91 Å². The molecule has 0 saturated heterocycles. The Morgan fingerprint density at radius 3 is 2.55 bits per heavy atom. The van der Waals surface area contributed by atoms with Crippen molar-refractivity contribution in [1.29, 1.82) is 5.26 Å². The summed E-state index contributed by atoms with van der Waals surface area (Å²) in [6.07, 6.45) is 0. The Morgan fingerprint density at radius 2 is 1.95 bits per heavy atom. The lowest BCUT2D eigenvalue weighted by atomic mass is 10.1. The van der Waals surface area contributed by atoms with Crippen molar-refractivity contribution in [2.24, 2.45) is 0 Å². The highest BCUT2D eigenvalue weighted by atomic mass is 35.5. The zero-order chi connectivity index (χ0) is 14.5. The Balaban J connectivity index is 2.03. The summed E-state index contributed by atoms with van der Waals surface area (Å²) >= 11 is 5.81. The first kappa shape index (κ1) is 14.0. The smallest absolute Gasteiger partial charge is 0.253 e. The van der Waals surface area contributed by atoms with Crippen LogP contribution in [0.2, 0.25) is 5.02 Å². The predicted octanol–water partition coefficient (Wildman–Crippen LogP) is 3.28. The van der Waals surface area contributed by atoms with E-state index < -0.39 is 5.82 Å². The van der Waals surface area contributed by atoms with Crippen LogP contribution in [0, 0.1) is 17.1 Å². The lowest BCUT2D eigenvalue weighted by molar-refractivity contribution is 0.0951. The highest BCUT2D eigenvalue weighted by molar-refractivity contribution is 6.33. The number of nitrogens with zero attached hydrogens (tertiary/aromatic N) is 1. The Kier molecular flexibility index (Phi) is 4.34. The van der Waals surface area contributed by atoms with Crippen LogP contribution in [0.4, 0.5) is 4.39 Å². The quantitative estimate of drug-likeness (QED) is 0.942. The summed E-state index contributed by atoms with van der Waals surface area (Å²) in [5.41, 5.74) is 1.64. The van der Waals surface area contributed by atoms with Crippen molar-refractivity contribution in [3.05, 3.63) is 70.0 Å². The van der Waals surface area contributed by atoms with E-state index in [0.29, 0.717) is 12.1 Å². The molecule has 3 nitrogen and oxygen atoms in total. The second kappa shape index (κ2) is 6.18. The topological polar surface area (TPSA) is 52.9 Å². The van der Waals surface area contributed by atoms with Gasteiger partial charge in [0.1, 0.15) is 5.82 Å². The molecule has 0 fully saturated rings. The summed E-state index contributed by atoms with van der Waals surface area (Å²) in [4.78, 5) is 11.9. The molecule has 2 rings (SSSR count). The molecular formula is C15H10ClFN2O. The summed E-state index contributed by atoms with van der Waals surface area (Å²) in [5.74, 6) is -0.863. The van der Waals surface area contributed by atoms with Gasteiger partial charge in [-0.3, -0.25) is 4.79 Å². The molecule has 0 aromatic heterocycles. The highest BCUT2D eigenvalue weighted by Gasteiger charge is 2.10. The monoisotopic (exact) mass is 288 g/mol. The third kappa shape index (κ3) is 3.34. The molecular weight excluding hydrogens is 279 g/mol. The van der Waals surface area contributed by atoms with Gasteiger partial charge in [0.25, 0.3) is 5.91 Å². The molecule has 0 aliphatic carbocycles. The van der Waals surface area contributed by atoms with Gasteiger partial charge in [-0.15, -0.1) is 0 Å².